The molecule has 1 aliphatic rings. The van der Waals surface area contributed by atoms with Crippen LogP contribution in [0.2, 0.25) is 5.02 Å². The molecule has 1 saturated heterocycles. The van der Waals surface area contributed by atoms with Gasteiger partial charge in [0.05, 0.1) is 23.6 Å². The van der Waals surface area contributed by atoms with Crippen molar-refractivity contribution in [2.75, 3.05) is 11.9 Å². The zero-order valence-electron chi connectivity index (χ0n) is 17.5. The summed E-state index contributed by atoms with van der Waals surface area (Å²) in [7, 11) is -3.73. The molecule has 0 unspecified atom stereocenters. The third kappa shape index (κ3) is 5.62. The Morgan fingerprint density at radius 3 is 2.55 bits per heavy atom. The molecule has 172 valence electrons. The number of carbonyl (C=O) groups is 2. The van der Waals surface area contributed by atoms with Crippen LogP contribution in [0.3, 0.4) is 0 Å². The number of benzene rings is 2. The van der Waals surface area contributed by atoms with E-state index in [0.717, 1.165) is 5.56 Å². The van der Waals surface area contributed by atoms with E-state index in [9.17, 15) is 18.0 Å². The molecule has 1 atom stereocenters. The Kier molecular flexibility index (Phi) is 6.83. The Bertz CT molecular complexity index is 1240. The smallest absolute Gasteiger partial charge is 0.240 e. The first-order valence-electron chi connectivity index (χ1n) is 10.3. The largest absolute Gasteiger partial charge is 0.468 e. The average molecular weight is 488 g/mol. The van der Waals surface area contributed by atoms with E-state index in [4.69, 9.17) is 16.0 Å². The van der Waals surface area contributed by atoms with Gasteiger partial charge in [0, 0.05) is 30.2 Å². The number of hydrogen-bond acceptors (Lipinski definition) is 5. The second-order valence-corrected chi connectivity index (χ2v) is 9.86. The molecule has 0 saturated carbocycles. The van der Waals surface area contributed by atoms with Crippen LogP contribution in [-0.4, -0.2) is 31.7 Å². The Morgan fingerprint density at radius 1 is 1.09 bits per heavy atom. The minimum absolute atomic E-state index is 0.0359. The zero-order chi connectivity index (χ0) is 23.4. The standard InChI is InChI=1S/C23H22ClN3O5S/c24-21-6-2-1-4-16(21)14-27-15-17(12-22(27)28)23(29)26-18-7-9-20(10-8-18)33(30,31)25-13-19-5-3-11-32-19/h1-11,17,25H,12-15H2,(H,26,29)/t17-/m1/s1. The van der Waals surface area contributed by atoms with Gasteiger partial charge < -0.3 is 14.6 Å². The first-order valence-corrected chi connectivity index (χ1v) is 12.1. The summed E-state index contributed by atoms with van der Waals surface area (Å²) >= 11 is 6.18. The van der Waals surface area contributed by atoms with Crippen LogP contribution in [0.4, 0.5) is 5.69 Å². The first kappa shape index (κ1) is 23.0. The Morgan fingerprint density at radius 2 is 1.85 bits per heavy atom. The van der Waals surface area contributed by atoms with Gasteiger partial charge in [0.25, 0.3) is 0 Å². The molecule has 1 fully saturated rings. The van der Waals surface area contributed by atoms with E-state index >= 15 is 0 Å². The molecule has 3 aromatic rings. The normalized spacial score (nSPS) is 16.2. The lowest BCUT2D eigenvalue weighted by molar-refractivity contribution is -0.128. The molecular formula is C23H22ClN3O5S. The number of sulfonamides is 1. The van der Waals surface area contributed by atoms with Crippen molar-refractivity contribution in [2.24, 2.45) is 5.92 Å². The second kappa shape index (κ2) is 9.78. The van der Waals surface area contributed by atoms with E-state index in [1.54, 1.807) is 23.1 Å². The quantitative estimate of drug-likeness (QED) is 0.506. The van der Waals surface area contributed by atoms with Crippen molar-refractivity contribution in [3.63, 3.8) is 0 Å². The van der Waals surface area contributed by atoms with Crippen molar-refractivity contribution < 1.29 is 22.4 Å². The minimum Gasteiger partial charge on any atom is -0.468 e. The van der Waals surface area contributed by atoms with Gasteiger partial charge in [-0.25, -0.2) is 13.1 Å². The molecule has 0 spiro atoms. The van der Waals surface area contributed by atoms with Crippen LogP contribution >= 0.6 is 11.6 Å². The van der Waals surface area contributed by atoms with Gasteiger partial charge in [-0.2, -0.15) is 0 Å². The highest BCUT2D eigenvalue weighted by molar-refractivity contribution is 7.89. The number of anilines is 1. The molecule has 8 nitrogen and oxygen atoms in total. The van der Waals surface area contributed by atoms with Crippen LogP contribution in [0, 0.1) is 5.92 Å². The van der Waals surface area contributed by atoms with Crippen molar-refractivity contribution in [1.82, 2.24) is 9.62 Å². The van der Waals surface area contributed by atoms with E-state index in [2.05, 4.69) is 10.0 Å². The fourth-order valence-corrected chi connectivity index (χ4v) is 4.75. The summed E-state index contributed by atoms with van der Waals surface area (Å²) in [6, 6.07) is 16.5. The third-order valence-electron chi connectivity index (χ3n) is 5.35. The predicted octanol–water partition coefficient (Wildman–Crippen LogP) is 3.40. The molecule has 0 bridgehead atoms. The maximum Gasteiger partial charge on any atom is 0.240 e. The lowest BCUT2D eigenvalue weighted by Gasteiger charge is -2.17. The summed E-state index contributed by atoms with van der Waals surface area (Å²) in [5, 5.41) is 3.33. The molecule has 10 heteroatoms. The van der Waals surface area contributed by atoms with Gasteiger partial charge in [-0.15, -0.1) is 0 Å². The SMILES string of the molecule is O=C(Nc1ccc(S(=O)(=O)NCc2ccco2)cc1)[C@@H]1CC(=O)N(Cc2ccccc2Cl)C1. The highest BCUT2D eigenvalue weighted by Gasteiger charge is 2.34. The van der Waals surface area contributed by atoms with E-state index < -0.39 is 15.9 Å². The van der Waals surface area contributed by atoms with Gasteiger partial charge in [0.1, 0.15) is 5.76 Å². The topological polar surface area (TPSA) is 109 Å². The van der Waals surface area contributed by atoms with Crippen LogP contribution in [0.5, 0.6) is 0 Å². The lowest BCUT2D eigenvalue weighted by Crippen LogP contribution is -2.28. The highest BCUT2D eigenvalue weighted by atomic mass is 35.5. The first-order chi connectivity index (χ1) is 15.8. The van der Waals surface area contributed by atoms with Gasteiger partial charge in [-0.05, 0) is 48.0 Å². The second-order valence-electron chi connectivity index (χ2n) is 7.68. The van der Waals surface area contributed by atoms with E-state index in [1.807, 2.05) is 18.2 Å². The fourth-order valence-electron chi connectivity index (χ4n) is 3.56. The number of likely N-dealkylation sites (tertiary alicyclic amines) is 1. The summed E-state index contributed by atoms with van der Waals surface area (Å²) in [6.45, 7) is 0.674. The van der Waals surface area contributed by atoms with Crippen molar-refractivity contribution >= 4 is 39.1 Å². The van der Waals surface area contributed by atoms with Crippen LogP contribution in [0.25, 0.3) is 0 Å². The van der Waals surface area contributed by atoms with E-state index in [1.165, 1.54) is 30.5 Å². The minimum atomic E-state index is -3.73. The average Bonchev–Trinajstić information content (AvgIpc) is 3.44. The number of hydrogen-bond donors (Lipinski definition) is 2. The van der Waals surface area contributed by atoms with Gasteiger partial charge in [-0.3, -0.25) is 9.59 Å². The molecule has 2 heterocycles. The van der Waals surface area contributed by atoms with E-state index in [0.29, 0.717) is 29.6 Å². The number of nitrogens with one attached hydrogen (secondary N) is 2. The van der Waals surface area contributed by atoms with Crippen LogP contribution in [0.15, 0.2) is 76.2 Å². The summed E-state index contributed by atoms with van der Waals surface area (Å²) in [5.41, 5.74) is 1.27. The van der Waals surface area contributed by atoms with Crippen LogP contribution in [-0.2, 0) is 32.7 Å². The number of furan rings is 1. The predicted molar refractivity (Wildman–Crippen MR) is 123 cm³/mol. The Hall–Kier alpha value is -3.14. The highest BCUT2D eigenvalue weighted by Crippen LogP contribution is 2.25. The molecular weight excluding hydrogens is 466 g/mol. The number of rotatable bonds is 8. The van der Waals surface area contributed by atoms with Crippen LogP contribution in [0.1, 0.15) is 17.7 Å². The molecule has 0 aliphatic carbocycles. The molecule has 1 aliphatic heterocycles. The summed E-state index contributed by atoms with van der Waals surface area (Å²) in [4.78, 5) is 26.7. The molecule has 2 N–H and O–H groups in total. The van der Waals surface area contributed by atoms with E-state index in [-0.39, 0.29) is 29.7 Å². The summed E-state index contributed by atoms with van der Waals surface area (Å²) in [5.74, 6) is -0.411. The zero-order valence-corrected chi connectivity index (χ0v) is 19.1. The fraction of sp³-hybridized carbons (Fsp3) is 0.217. The number of amides is 2. The molecule has 4 rings (SSSR count). The lowest BCUT2D eigenvalue weighted by atomic mass is 10.1. The maximum atomic E-state index is 12.7. The summed E-state index contributed by atoms with van der Waals surface area (Å²) < 4.78 is 32.4. The molecule has 33 heavy (non-hydrogen) atoms. The van der Waals surface area contributed by atoms with Gasteiger partial charge in [0.2, 0.25) is 21.8 Å². The molecule has 0 radical (unpaired) electrons. The Labute approximate surface area is 196 Å². The number of halogens is 1. The monoisotopic (exact) mass is 487 g/mol. The van der Waals surface area contributed by atoms with Gasteiger partial charge in [-0.1, -0.05) is 29.8 Å². The maximum absolute atomic E-state index is 12.7. The van der Waals surface area contributed by atoms with Gasteiger partial charge in [0.15, 0.2) is 0 Å². The molecule has 2 aromatic carbocycles. The molecule has 1 aromatic heterocycles. The summed E-state index contributed by atoms with van der Waals surface area (Å²) in [6.07, 6.45) is 1.58. The van der Waals surface area contributed by atoms with Gasteiger partial charge >= 0.3 is 0 Å². The third-order valence-corrected chi connectivity index (χ3v) is 7.14. The van der Waals surface area contributed by atoms with Crippen molar-refractivity contribution in [1.29, 1.82) is 0 Å². The number of carbonyl (C=O) groups excluding carboxylic acids is 2. The molecule has 2 amide bonds. The van der Waals surface area contributed by atoms with Crippen molar-refractivity contribution in [2.45, 2.75) is 24.4 Å². The van der Waals surface area contributed by atoms with Crippen molar-refractivity contribution in [3.8, 4) is 0 Å². The van der Waals surface area contributed by atoms with Crippen LogP contribution < -0.4 is 10.0 Å². The number of nitrogens with zero attached hydrogens (tertiary/aromatic N) is 1. The van der Waals surface area contributed by atoms with Crippen molar-refractivity contribution in [3.05, 3.63) is 83.3 Å². The Balaban J connectivity index is 1.34.